The first-order valence-electron chi connectivity index (χ1n) is 5.79. The summed E-state index contributed by atoms with van der Waals surface area (Å²) in [5.74, 6) is 2.09. The van der Waals surface area contributed by atoms with Crippen molar-refractivity contribution < 1.29 is 14.3 Å². The summed E-state index contributed by atoms with van der Waals surface area (Å²) in [4.78, 5) is 0. The van der Waals surface area contributed by atoms with E-state index in [9.17, 15) is 0 Å². The van der Waals surface area contributed by atoms with E-state index < -0.39 is 0 Å². The third-order valence-corrected chi connectivity index (χ3v) is 3.14. The summed E-state index contributed by atoms with van der Waals surface area (Å²) >= 11 is 0. The molecule has 1 aliphatic heterocycles. The van der Waals surface area contributed by atoms with Crippen LogP contribution in [0, 0.1) is 5.92 Å². The maximum absolute atomic E-state index is 8.87. The summed E-state index contributed by atoms with van der Waals surface area (Å²) in [6.45, 7) is 4.58. The molecule has 2 N–H and O–H groups in total. The molecule has 0 aliphatic carbocycles. The molecule has 1 aromatic rings. The Labute approximate surface area is 95.6 Å². The van der Waals surface area contributed by atoms with E-state index in [2.05, 4.69) is 12.2 Å². The molecule has 1 aromatic heterocycles. The van der Waals surface area contributed by atoms with Crippen molar-refractivity contribution in [3.05, 3.63) is 23.7 Å². The van der Waals surface area contributed by atoms with Gasteiger partial charge in [-0.15, -0.1) is 0 Å². The standard InChI is InChI=1S/C12H19NO3/c1-9(10-4-5-15-8-10)13-6-11-2-3-12(7-14)16-11/h2-3,9-10,13-14H,4-8H2,1H3. The van der Waals surface area contributed by atoms with Gasteiger partial charge in [0.15, 0.2) is 0 Å². The molecule has 2 heterocycles. The van der Waals surface area contributed by atoms with Crippen molar-refractivity contribution in [2.24, 2.45) is 5.92 Å². The van der Waals surface area contributed by atoms with Gasteiger partial charge in [0.05, 0.1) is 13.2 Å². The highest BCUT2D eigenvalue weighted by Gasteiger charge is 2.21. The van der Waals surface area contributed by atoms with Crippen molar-refractivity contribution >= 4 is 0 Å². The van der Waals surface area contributed by atoms with E-state index in [0.29, 0.717) is 24.3 Å². The molecule has 4 heteroatoms. The van der Waals surface area contributed by atoms with Crippen molar-refractivity contribution in [2.45, 2.75) is 32.5 Å². The lowest BCUT2D eigenvalue weighted by Gasteiger charge is -2.18. The van der Waals surface area contributed by atoms with Gasteiger partial charge in [0, 0.05) is 12.6 Å². The van der Waals surface area contributed by atoms with Crippen molar-refractivity contribution in [2.75, 3.05) is 13.2 Å². The second kappa shape index (κ2) is 5.48. The van der Waals surface area contributed by atoms with E-state index in [0.717, 1.165) is 25.4 Å². The molecule has 16 heavy (non-hydrogen) atoms. The SMILES string of the molecule is CC(NCc1ccc(CO)o1)C1CCOC1. The lowest BCUT2D eigenvalue weighted by molar-refractivity contribution is 0.177. The third-order valence-electron chi connectivity index (χ3n) is 3.14. The minimum Gasteiger partial charge on any atom is -0.462 e. The fraction of sp³-hybridized carbons (Fsp3) is 0.667. The Balaban J connectivity index is 1.77. The average Bonchev–Trinajstić information content (AvgIpc) is 2.96. The fourth-order valence-corrected chi connectivity index (χ4v) is 1.98. The number of furan rings is 1. The summed E-state index contributed by atoms with van der Waals surface area (Å²) in [7, 11) is 0. The quantitative estimate of drug-likeness (QED) is 0.792. The minimum absolute atomic E-state index is 0.0357. The lowest BCUT2D eigenvalue weighted by Crippen LogP contribution is -2.33. The van der Waals surface area contributed by atoms with Crippen molar-refractivity contribution in [1.82, 2.24) is 5.32 Å². The topological polar surface area (TPSA) is 54.6 Å². The molecule has 2 atom stereocenters. The first kappa shape index (κ1) is 11.6. The Hall–Kier alpha value is -0.840. The number of rotatable bonds is 5. The Morgan fingerprint density at radius 1 is 1.50 bits per heavy atom. The van der Waals surface area contributed by atoms with Crippen molar-refractivity contribution in [3.8, 4) is 0 Å². The number of ether oxygens (including phenoxy) is 1. The fourth-order valence-electron chi connectivity index (χ4n) is 1.98. The Kier molecular flexibility index (Phi) is 3.98. The molecule has 1 saturated heterocycles. The molecule has 0 bridgehead atoms. The van der Waals surface area contributed by atoms with Gasteiger partial charge >= 0.3 is 0 Å². The van der Waals surface area contributed by atoms with Crippen LogP contribution in [-0.4, -0.2) is 24.4 Å². The molecule has 90 valence electrons. The van der Waals surface area contributed by atoms with Crippen LogP contribution >= 0.6 is 0 Å². The van der Waals surface area contributed by atoms with Crippen LogP contribution in [0.25, 0.3) is 0 Å². The highest BCUT2D eigenvalue weighted by atomic mass is 16.5. The largest absolute Gasteiger partial charge is 0.462 e. The van der Waals surface area contributed by atoms with Gasteiger partial charge < -0.3 is 19.6 Å². The van der Waals surface area contributed by atoms with E-state index in [4.69, 9.17) is 14.3 Å². The first-order chi connectivity index (χ1) is 7.79. The lowest BCUT2D eigenvalue weighted by atomic mass is 10.0. The van der Waals surface area contributed by atoms with Crippen LogP contribution in [0.15, 0.2) is 16.5 Å². The maximum Gasteiger partial charge on any atom is 0.129 e. The molecule has 1 fully saturated rings. The van der Waals surface area contributed by atoms with Crippen LogP contribution in [0.3, 0.4) is 0 Å². The third kappa shape index (κ3) is 2.84. The van der Waals surface area contributed by atoms with E-state index >= 15 is 0 Å². The first-order valence-corrected chi connectivity index (χ1v) is 5.79. The van der Waals surface area contributed by atoms with Crippen LogP contribution < -0.4 is 5.32 Å². The number of hydrogen-bond donors (Lipinski definition) is 2. The number of aliphatic hydroxyl groups excluding tert-OH is 1. The zero-order valence-corrected chi connectivity index (χ0v) is 9.61. The molecule has 2 unspecified atom stereocenters. The van der Waals surface area contributed by atoms with Gasteiger partial charge in [0.1, 0.15) is 18.1 Å². The molecule has 2 rings (SSSR count). The van der Waals surface area contributed by atoms with Gasteiger partial charge in [-0.3, -0.25) is 0 Å². The highest BCUT2D eigenvalue weighted by molar-refractivity contribution is 5.06. The number of nitrogens with one attached hydrogen (secondary N) is 1. The summed E-state index contributed by atoms with van der Waals surface area (Å²) in [5.41, 5.74) is 0. The van der Waals surface area contributed by atoms with Crippen LogP contribution in [-0.2, 0) is 17.9 Å². The van der Waals surface area contributed by atoms with Crippen molar-refractivity contribution in [3.63, 3.8) is 0 Å². The molecule has 0 saturated carbocycles. The van der Waals surface area contributed by atoms with Crippen LogP contribution in [0.1, 0.15) is 24.9 Å². The molecule has 1 aliphatic rings. The van der Waals surface area contributed by atoms with Gasteiger partial charge in [-0.05, 0) is 31.4 Å². The molecule has 0 aromatic carbocycles. The van der Waals surface area contributed by atoms with Crippen LogP contribution in [0.2, 0.25) is 0 Å². The smallest absolute Gasteiger partial charge is 0.129 e. The molecule has 4 nitrogen and oxygen atoms in total. The average molecular weight is 225 g/mol. The van der Waals surface area contributed by atoms with E-state index in [1.54, 1.807) is 6.07 Å². The predicted octanol–water partition coefficient (Wildman–Crippen LogP) is 1.29. The minimum atomic E-state index is -0.0357. The molecular formula is C12H19NO3. The van der Waals surface area contributed by atoms with E-state index in [1.807, 2.05) is 6.07 Å². The van der Waals surface area contributed by atoms with E-state index in [-0.39, 0.29) is 6.61 Å². The van der Waals surface area contributed by atoms with E-state index in [1.165, 1.54) is 0 Å². The predicted molar refractivity (Wildman–Crippen MR) is 59.9 cm³/mol. The van der Waals surface area contributed by atoms with Gasteiger partial charge in [0.2, 0.25) is 0 Å². The Morgan fingerprint density at radius 2 is 2.31 bits per heavy atom. The maximum atomic E-state index is 8.87. The second-order valence-corrected chi connectivity index (χ2v) is 4.32. The summed E-state index contributed by atoms with van der Waals surface area (Å²) in [6, 6.07) is 4.14. The monoisotopic (exact) mass is 225 g/mol. The van der Waals surface area contributed by atoms with Gasteiger partial charge in [-0.1, -0.05) is 0 Å². The van der Waals surface area contributed by atoms with Crippen LogP contribution in [0.5, 0.6) is 0 Å². The molecular weight excluding hydrogens is 206 g/mol. The van der Waals surface area contributed by atoms with Gasteiger partial charge in [-0.2, -0.15) is 0 Å². The zero-order chi connectivity index (χ0) is 11.4. The molecule has 0 radical (unpaired) electrons. The number of aliphatic hydroxyl groups is 1. The highest BCUT2D eigenvalue weighted by Crippen LogP contribution is 2.17. The summed E-state index contributed by atoms with van der Waals surface area (Å²) in [5, 5.41) is 12.3. The van der Waals surface area contributed by atoms with Gasteiger partial charge in [-0.25, -0.2) is 0 Å². The Bertz CT molecular complexity index is 318. The number of hydrogen-bond acceptors (Lipinski definition) is 4. The zero-order valence-electron chi connectivity index (χ0n) is 9.61. The summed E-state index contributed by atoms with van der Waals surface area (Å²) in [6.07, 6.45) is 1.13. The van der Waals surface area contributed by atoms with Crippen LogP contribution in [0.4, 0.5) is 0 Å². The molecule has 0 spiro atoms. The molecule has 0 amide bonds. The summed E-state index contributed by atoms with van der Waals surface area (Å²) < 4.78 is 10.8. The van der Waals surface area contributed by atoms with Crippen molar-refractivity contribution in [1.29, 1.82) is 0 Å². The second-order valence-electron chi connectivity index (χ2n) is 4.32. The van der Waals surface area contributed by atoms with Gasteiger partial charge in [0.25, 0.3) is 0 Å². The normalized spacial score (nSPS) is 22.5. The Morgan fingerprint density at radius 3 is 2.94 bits per heavy atom.